The number of nitrogens with zero attached hydrogens (tertiary/aromatic N) is 1. The molecule has 3 heterocycles. The number of halogens is 1. The molecule has 0 aliphatic carbocycles. The van der Waals surface area contributed by atoms with Crippen LogP contribution >= 0.6 is 15.9 Å². The SMILES string of the molecule is COc1ccc2c(c1CO)C(=O)O[C@@H]2[C@H]1c2c(c(Br)c3c(c2CO)OCO3)CCN1C. The molecule has 0 radical (unpaired) electrons. The van der Waals surface area contributed by atoms with Crippen LogP contribution in [0.1, 0.15) is 50.3 Å². The number of rotatable bonds is 4. The first-order valence-corrected chi connectivity index (χ1v) is 10.8. The largest absolute Gasteiger partial charge is 0.496 e. The average molecular weight is 492 g/mol. The van der Waals surface area contributed by atoms with Gasteiger partial charge in [0.2, 0.25) is 6.79 Å². The lowest BCUT2D eigenvalue weighted by Crippen LogP contribution is -2.37. The number of carbonyl (C=O) groups is 1. The Bertz CT molecular complexity index is 1090. The van der Waals surface area contributed by atoms with Gasteiger partial charge in [-0.3, -0.25) is 4.90 Å². The van der Waals surface area contributed by atoms with E-state index in [4.69, 9.17) is 18.9 Å². The maximum atomic E-state index is 12.9. The first-order chi connectivity index (χ1) is 15.0. The Hall–Kier alpha value is -2.33. The van der Waals surface area contributed by atoms with E-state index in [1.807, 2.05) is 13.1 Å². The van der Waals surface area contributed by atoms with Gasteiger partial charge in [0.05, 0.1) is 36.4 Å². The molecule has 9 heteroatoms. The smallest absolute Gasteiger partial charge is 0.339 e. The Balaban J connectivity index is 1.72. The fourth-order valence-electron chi connectivity index (χ4n) is 4.96. The van der Waals surface area contributed by atoms with Gasteiger partial charge in [0.1, 0.15) is 11.9 Å². The number of methoxy groups -OCH3 is 1. The predicted octanol–water partition coefficient (Wildman–Crippen LogP) is 2.61. The summed E-state index contributed by atoms with van der Waals surface area (Å²) in [5.41, 5.74) is 3.98. The van der Waals surface area contributed by atoms with Gasteiger partial charge in [-0.15, -0.1) is 0 Å². The van der Waals surface area contributed by atoms with Gasteiger partial charge < -0.3 is 29.2 Å². The third-order valence-electron chi connectivity index (χ3n) is 6.36. The number of likely N-dealkylation sites (N-methyl/N-ethyl adjacent to an activating group) is 1. The van der Waals surface area contributed by atoms with E-state index < -0.39 is 12.1 Å². The van der Waals surface area contributed by atoms with E-state index >= 15 is 0 Å². The number of hydrogen-bond donors (Lipinski definition) is 2. The first kappa shape index (κ1) is 20.6. The molecule has 3 aliphatic rings. The summed E-state index contributed by atoms with van der Waals surface area (Å²) in [6.07, 6.45) is 0.130. The molecule has 2 aromatic rings. The molecule has 164 valence electrons. The second-order valence-corrected chi connectivity index (χ2v) is 8.57. The van der Waals surface area contributed by atoms with Crippen molar-refractivity contribution >= 4 is 21.9 Å². The van der Waals surface area contributed by atoms with Crippen molar-refractivity contribution in [2.24, 2.45) is 0 Å². The molecule has 0 aromatic heterocycles. The zero-order valence-corrected chi connectivity index (χ0v) is 18.7. The minimum atomic E-state index is -0.611. The number of aliphatic hydroxyl groups is 2. The topological polar surface area (TPSA) is 97.7 Å². The van der Waals surface area contributed by atoms with Gasteiger partial charge in [-0.05, 0) is 46.6 Å². The highest BCUT2D eigenvalue weighted by molar-refractivity contribution is 9.10. The highest BCUT2D eigenvalue weighted by Gasteiger charge is 2.45. The molecular formula is C22H22BrNO7. The second kappa shape index (κ2) is 7.67. The molecule has 3 aliphatic heterocycles. The maximum Gasteiger partial charge on any atom is 0.339 e. The van der Waals surface area contributed by atoms with Crippen LogP contribution < -0.4 is 14.2 Å². The van der Waals surface area contributed by atoms with Crippen molar-refractivity contribution in [3.63, 3.8) is 0 Å². The van der Waals surface area contributed by atoms with Gasteiger partial charge in [0, 0.05) is 23.2 Å². The van der Waals surface area contributed by atoms with Gasteiger partial charge in [0.15, 0.2) is 11.5 Å². The van der Waals surface area contributed by atoms with Gasteiger partial charge in [-0.1, -0.05) is 6.07 Å². The van der Waals surface area contributed by atoms with Gasteiger partial charge in [-0.2, -0.15) is 0 Å². The van der Waals surface area contributed by atoms with Crippen LogP contribution in [0.15, 0.2) is 16.6 Å². The third-order valence-corrected chi connectivity index (χ3v) is 7.19. The molecule has 2 N–H and O–H groups in total. The van der Waals surface area contributed by atoms with Gasteiger partial charge in [-0.25, -0.2) is 4.79 Å². The van der Waals surface area contributed by atoms with E-state index in [9.17, 15) is 15.0 Å². The summed E-state index contributed by atoms with van der Waals surface area (Å²) in [5, 5.41) is 20.2. The number of cyclic esters (lactones) is 1. The number of benzene rings is 2. The van der Waals surface area contributed by atoms with Crippen LogP contribution in [-0.2, 0) is 24.4 Å². The first-order valence-electron chi connectivity index (χ1n) is 9.97. The van der Waals surface area contributed by atoms with Crippen molar-refractivity contribution in [2.75, 3.05) is 27.5 Å². The lowest BCUT2D eigenvalue weighted by Gasteiger charge is -2.39. The second-order valence-electron chi connectivity index (χ2n) is 7.78. The molecule has 0 spiro atoms. The van der Waals surface area contributed by atoms with Crippen molar-refractivity contribution in [3.05, 3.63) is 50.0 Å². The molecular weight excluding hydrogens is 470 g/mol. The number of ether oxygens (including phenoxy) is 4. The Morgan fingerprint density at radius 3 is 2.65 bits per heavy atom. The molecule has 2 atom stereocenters. The molecule has 0 fully saturated rings. The van der Waals surface area contributed by atoms with Crippen LogP contribution in [0.4, 0.5) is 0 Å². The van der Waals surface area contributed by atoms with E-state index in [0.29, 0.717) is 39.5 Å². The minimum Gasteiger partial charge on any atom is -0.496 e. The van der Waals surface area contributed by atoms with Crippen LogP contribution in [0, 0.1) is 0 Å². The van der Waals surface area contributed by atoms with Crippen LogP contribution in [0.25, 0.3) is 0 Å². The van der Waals surface area contributed by atoms with Crippen molar-refractivity contribution < 1.29 is 34.0 Å². The van der Waals surface area contributed by atoms with Crippen LogP contribution in [-0.4, -0.2) is 48.6 Å². The predicted molar refractivity (Wildman–Crippen MR) is 112 cm³/mol. The van der Waals surface area contributed by atoms with Crippen molar-refractivity contribution in [1.82, 2.24) is 4.90 Å². The summed E-state index contributed by atoms with van der Waals surface area (Å²) in [6.45, 7) is 0.249. The third kappa shape index (κ3) is 2.87. The minimum absolute atomic E-state index is 0.0885. The lowest BCUT2D eigenvalue weighted by molar-refractivity contribution is 0.00884. The fourth-order valence-corrected chi connectivity index (χ4v) is 5.67. The molecule has 31 heavy (non-hydrogen) atoms. The van der Waals surface area contributed by atoms with Crippen LogP contribution in [0.3, 0.4) is 0 Å². The van der Waals surface area contributed by atoms with E-state index in [2.05, 4.69) is 20.8 Å². The molecule has 0 amide bonds. The van der Waals surface area contributed by atoms with Crippen molar-refractivity contribution in [2.45, 2.75) is 31.8 Å². The van der Waals surface area contributed by atoms with E-state index in [0.717, 1.165) is 28.6 Å². The lowest BCUT2D eigenvalue weighted by atomic mass is 9.83. The Labute approximate surface area is 187 Å². The van der Waals surface area contributed by atoms with E-state index in [-0.39, 0.29) is 26.0 Å². The summed E-state index contributed by atoms with van der Waals surface area (Å²) >= 11 is 3.66. The monoisotopic (exact) mass is 491 g/mol. The quantitative estimate of drug-likeness (QED) is 0.629. The summed E-state index contributed by atoms with van der Waals surface area (Å²) in [6, 6.07) is 3.21. The molecule has 0 bridgehead atoms. The Kier molecular flexibility index (Phi) is 5.09. The number of esters is 1. The number of carbonyl (C=O) groups excluding carboxylic acids is 1. The summed E-state index contributed by atoms with van der Waals surface area (Å²) in [5.74, 6) is 1.07. The molecule has 8 nitrogen and oxygen atoms in total. The average Bonchev–Trinajstić information content (AvgIpc) is 3.39. The van der Waals surface area contributed by atoms with Gasteiger partial charge in [0.25, 0.3) is 0 Å². The molecule has 2 aromatic carbocycles. The van der Waals surface area contributed by atoms with Crippen LogP contribution in [0.2, 0.25) is 0 Å². The van der Waals surface area contributed by atoms with Crippen LogP contribution in [0.5, 0.6) is 17.2 Å². The number of hydrogen-bond acceptors (Lipinski definition) is 8. The van der Waals surface area contributed by atoms with E-state index in [1.165, 1.54) is 7.11 Å². The van der Waals surface area contributed by atoms with Crippen molar-refractivity contribution in [1.29, 1.82) is 0 Å². The van der Waals surface area contributed by atoms with Crippen molar-refractivity contribution in [3.8, 4) is 17.2 Å². The highest BCUT2D eigenvalue weighted by atomic mass is 79.9. The zero-order chi connectivity index (χ0) is 21.9. The summed E-state index contributed by atoms with van der Waals surface area (Å²) < 4.78 is 23.3. The fraction of sp³-hybridized carbons (Fsp3) is 0.409. The summed E-state index contributed by atoms with van der Waals surface area (Å²) in [4.78, 5) is 15.0. The zero-order valence-electron chi connectivity index (χ0n) is 17.1. The molecule has 0 saturated heterocycles. The number of fused-ring (bicyclic) bond motifs is 3. The number of aliphatic hydroxyl groups excluding tert-OH is 2. The molecule has 0 unspecified atom stereocenters. The normalized spacial score (nSPS) is 21.6. The Morgan fingerprint density at radius 1 is 1.19 bits per heavy atom. The maximum absolute atomic E-state index is 12.9. The van der Waals surface area contributed by atoms with Gasteiger partial charge >= 0.3 is 5.97 Å². The highest BCUT2D eigenvalue weighted by Crippen LogP contribution is 2.54. The standard InChI is InChI=1S/C22H22BrNO7/c1-24-6-5-10-15(13(8-26)20-21(17(10)23)30-9-29-20)18(24)19-11-3-4-14(28-2)12(7-25)16(11)22(27)31-19/h3-4,18-19,25-26H,5-9H2,1-2H3/t18-,19+/m1/s1. The molecule has 0 saturated carbocycles. The molecule has 5 rings (SSSR count). The Morgan fingerprint density at radius 2 is 1.94 bits per heavy atom. The summed E-state index contributed by atoms with van der Waals surface area (Å²) in [7, 11) is 3.47. The van der Waals surface area contributed by atoms with E-state index in [1.54, 1.807) is 6.07 Å².